The molecule has 0 bridgehead atoms. The molecule has 4 nitrogen and oxygen atoms in total. The molecule has 2 aliphatic heterocycles. The molecular formula is C17H31N3O. The molecule has 0 N–H and O–H groups in total. The third-order valence-corrected chi connectivity index (χ3v) is 5.43. The zero-order chi connectivity index (χ0) is 14.7. The Morgan fingerprint density at radius 3 is 2.24 bits per heavy atom. The minimum absolute atomic E-state index is 0.359. The van der Waals surface area contributed by atoms with Gasteiger partial charge in [0.1, 0.15) is 0 Å². The second-order valence-electron chi connectivity index (χ2n) is 7.14. The second kappa shape index (κ2) is 7.10. The number of carbonyl (C=O) groups excluding carboxylic acids is 1. The van der Waals surface area contributed by atoms with Gasteiger partial charge in [-0.15, -0.1) is 0 Å². The second-order valence-corrected chi connectivity index (χ2v) is 7.14. The number of nitrogens with zero attached hydrogens (tertiary/aromatic N) is 3. The van der Waals surface area contributed by atoms with Gasteiger partial charge in [0.05, 0.1) is 6.54 Å². The summed E-state index contributed by atoms with van der Waals surface area (Å²) in [5.41, 5.74) is 0. The van der Waals surface area contributed by atoms with Gasteiger partial charge in [-0.05, 0) is 77.5 Å². The fraction of sp³-hybridized carbons (Fsp3) is 0.941. The van der Waals surface area contributed by atoms with Crippen molar-refractivity contribution in [2.75, 3.05) is 45.8 Å². The molecular weight excluding hydrogens is 262 g/mol. The van der Waals surface area contributed by atoms with Gasteiger partial charge in [0, 0.05) is 19.1 Å². The number of likely N-dealkylation sites (N-methyl/N-ethyl adjacent to an activating group) is 1. The first-order valence-corrected chi connectivity index (χ1v) is 9.00. The summed E-state index contributed by atoms with van der Waals surface area (Å²) in [7, 11) is 0. The summed E-state index contributed by atoms with van der Waals surface area (Å²) < 4.78 is 0. The molecule has 3 fully saturated rings. The Morgan fingerprint density at radius 1 is 1.00 bits per heavy atom. The zero-order valence-electron chi connectivity index (χ0n) is 13.6. The SMILES string of the molecule is CCN(C(=O)CN1CCC(CN2CCCC2)CC1)C1CC1. The van der Waals surface area contributed by atoms with Crippen LogP contribution in [0.3, 0.4) is 0 Å². The van der Waals surface area contributed by atoms with Crippen LogP contribution in [0.15, 0.2) is 0 Å². The van der Waals surface area contributed by atoms with E-state index in [1.807, 2.05) is 0 Å². The van der Waals surface area contributed by atoms with Gasteiger partial charge in [-0.1, -0.05) is 0 Å². The molecule has 1 amide bonds. The van der Waals surface area contributed by atoms with Crippen molar-refractivity contribution in [2.45, 2.75) is 51.5 Å². The lowest BCUT2D eigenvalue weighted by Crippen LogP contribution is -2.45. The fourth-order valence-corrected chi connectivity index (χ4v) is 3.96. The molecule has 0 atom stereocenters. The first kappa shape index (κ1) is 15.3. The molecule has 1 saturated carbocycles. The fourth-order valence-electron chi connectivity index (χ4n) is 3.96. The summed E-state index contributed by atoms with van der Waals surface area (Å²) in [5, 5.41) is 0. The Bertz CT molecular complexity index is 342. The van der Waals surface area contributed by atoms with Gasteiger partial charge < -0.3 is 9.80 Å². The van der Waals surface area contributed by atoms with E-state index >= 15 is 0 Å². The number of rotatable bonds is 6. The standard InChI is InChI=1S/C17H31N3O/c1-2-20(16-5-6-16)17(21)14-19-11-7-15(8-12-19)13-18-9-3-4-10-18/h15-16H,2-14H2,1H3. The summed E-state index contributed by atoms with van der Waals surface area (Å²) in [5.74, 6) is 1.22. The van der Waals surface area contributed by atoms with Gasteiger partial charge in [0.2, 0.25) is 5.91 Å². The van der Waals surface area contributed by atoms with Gasteiger partial charge in [0.25, 0.3) is 0 Å². The van der Waals surface area contributed by atoms with E-state index in [0.717, 1.165) is 25.6 Å². The van der Waals surface area contributed by atoms with Gasteiger partial charge in [-0.3, -0.25) is 9.69 Å². The first-order valence-electron chi connectivity index (χ1n) is 9.00. The Hall–Kier alpha value is -0.610. The number of amides is 1. The van der Waals surface area contributed by atoms with E-state index in [4.69, 9.17) is 0 Å². The first-order chi connectivity index (χ1) is 10.3. The molecule has 1 aliphatic carbocycles. The van der Waals surface area contributed by atoms with Crippen molar-refractivity contribution in [2.24, 2.45) is 5.92 Å². The van der Waals surface area contributed by atoms with Crippen molar-refractivity contribution in [3.63, 3.8) is 0 Å². The number of hydrogen-bond donors (Lipinski definition) is 0. The van der Waals surface area contributed by atoms with Crippen LogP contribution >= 0.6 is 0 Å². The van der Waals surface area contributed by atoms with Crippen molar-refractivity contribution in [1.29, 1.82) is 0 Å². The van der Waals surface area contributed by atoms with Gasteiger partial charge in [0.15, 0.2) is 0 Å². The molecule has 21 heavy (non-hydrogen) atoms. The van der Waals surface area contributed by atoms with Crippen LogP contribution in [0.4, 0.5) is 0 Å². The summed E-state index contributed by atoms with van der Waals surface area (Å²) in [4.78, 5) is 19.5. The van der Waals surface area contributed by atoms with Crippen LogP contribution in [0.5, 0.6) is 0 Å². The minimum Gasteiger partial charge on any atom is -0.339 e. The lowest BCUT2D eigenvalue weighted by Gasteiger charge is -2.34. The quantitative estimate of drug-likeness (QED) is 0.747. The van der Waals surface area contributed by atoms with Crippen LogP contribution in [0.1, 0.15) is 45.4 Å². The van der Waals surface area contributed by atoms with Crippen LogP contribution < -0.4 is 0 Å². The minimum atomic E-state index is 0.359. The highest BCUT2D eigenvalue weighted by Crippen LogP contribution is 2.27. The lowest BCUT2D eigenvalue weighted by atomic mass is 9.96. The number of carbonyl (C=O) groups is 1. The molecule has 2 saturated heterocycles. The molecule has 120 valence electrons. The van der Waals surface area contributed by atoms with E-state index in [2.05, 4.69) is 21.6 Å². The van der Waals surface area contributed by atoms with Gasteiger partial charge >= 0.3 is 0 Å². The van der Waals surface area contributed by atoms with Crippen LogP contribution in [-0.2, 0) is 4.79 Å². The number of likely N-dealkylation sites (tertiary alicyclic amines) is 2. The lowest BCUT2D eigenvalue weighted by molar-refractivity contribution is -0.133. The van der Waals surface area contributed by atoms with Crippen molar-refractivity contribution in [1.82, 2.24) is 14.7 Å². The Kier molecular flexibility index (Phi) is 5.17. The van der Waals surface area contributed by atoms with Gasteiger partial charge in [-0.25, -0.2) is 0 Å². The highest BCUT2D eigenvalue weighted by atomic mass is 16.2. The summed E-state index contributed by atoms with van der Waals surface area (Å²) in [6.07, 6.45) is 7.77. The molecule has 2 heterocycles. The molecule has 0 radical (unpaired) electrons. The third kappa shape index (κ3) is 4.19. The van der Waals surface area contributed by atoms with E-state index in [1.54, 1.807) is 0 Å². The molecule has 0 aromatic rings. The highest BCUT2D eigenvalue weighted by molar-refractivity contribution is 5.78. The third-order valence-electron chi connectivity index (χ3n) is 5.43. The van der Waals surface area contributed by atoms with Crippen molar-refractivity contribution in [3.8, 4) is 0 Å². The molecule has 0 unspecified atom stereocenters. The van der Waals surface area contributed by atoms with E-state index < -0.39 is 0 Å². The van der Waals surface area contributed by atoms with E-state index in [9.17, 15) is 4.79 Å². The summed E-state index contributed by atoms with van der Waals surface area (Å²) in [6, 6.07) is 0.565. The average molecular weight is 293 g/mol. The van der Waals surface area contributed by atoms with Crippen LogP contribution in [0, 0.1) is 5.92 Å². The number of piperidine rings is 1. The van der Waals surface area contributed by atoms with Crippen LogP contribution in [-0.4, -0.2) is 72.5 Å². The Balaban J connectivity index is 1.37. The molecule has 0 aromatic heterocycles. The van der Waals surface area contributed by atoms with Crippen molar-refractivity contribution in [3.05, 3.63) is 0 Å². The van der Waals surface area contributed by atoms with Crippen LogP contribution in [0.2, 0.25) is 0 Å². The zero-order valence-corrected chi connectivity index (χ0v) is 13.6. The maximum Gasteiger partial charge on any atom is 0.236 e. The maximum atomic E-state index is 12.4. The number of hydrogen-bond acceptors (Lipinski definition) is 3. The topological polar surface area (TPSA) is 26.8 Å². The molecule has 0 spiro atoms. The van der Waals surface area contributed by atoms with Gasteiger partial charge in [-0.2, -0.15) is 0 Å². The largest absolute Gasteiger partial charge is 0.339 e. The summed E-state index contributed by atoms with van der Waals surface area (Å²) in [6.45, 7) is 9.80. The Labute approximate surface area is 129 Å². The Morgan fingerprint density at radius 2 is 1.67 bits per heavy atom. The highest BCUT2D eigenvalue weighted by Gasteiger charge is 2.32. The molecule has 3 rings (SSSR count). The van der Waals surface area contributed by atoms with Crippen molar-refractivity contribution >= 4 is 5.91 Å². The van der Waals surface area contributed by atoms with E-state index in [0.29, 0.717) is 18.5 Å². The monoisotopic (exact) mass is 293 g/mol. The smallest absolute Gasteiger partial charge is 0.236 e. The van der Waals surface area contributed by atoms with Crippen LogP contribution in [0.25, 0.3) is 0 Å². The molecule has 4 heteroatoms. The predicted octanol–water partition coefficient (Wildman–Crippen LogP) is 1.81. The van der Waals surface area contributed by atoms with E-state index in [1.165, 1.54) is 58.2 Å². The molecule has 0 aromatic carbocycles. The van der Waals surface area contributed by atoms with Crippen molar-refractivity contribution < 1.29 is 4.79 Å². The average Bonchev–Trinajstić information content (AvgIpc) is 3.18. The normalized spacial score (nSPS) is 25.4. The molecule has 3 aliphatic rings. The summed E-state index contributed by atoms with van der Waals surface area (Å²) >= 11 is 0. The maximum absolute atomic E-state index is 12.4. The van der Waals surface area contributed by atoms with E-state index in [-0.39, 0.29) is 0 Å². The predicted molar refractivity (Wildman–Crippen MR) is 85.2 cm³/mol.